The van der Waals surface area contributed by atoms with Crippen LogP contribution in [0.2, 0.25) is 0 Å². The minimum absolute atomic E-state index is 0.856. The zero-order valence-electron chi connectivity index (χ0n) is 7.90. The van der Waals surface area contributed by atoms with Gasteiger partial charge in [-0.25, -0.2) is 0 Å². The van der Waals surface area contributed by atoms with Gasteiger partial charge in [-0.05, 0) is 44.4 Å². The van der Waals surface area contributed by atoms with Crippen molar-refractivity contribution < 1.29 is 0 Å². The molecular weight excluding hydrogens is 198 g/mol. The Morgan fingerprint density at radius 1 is 1.46 bits per heavy atom. The average Bonchev–Trinajstić information content (AvgIpc) is 2.62. The highest BCUT2D eigenvalue weighted by atomic mass is 32.2. The number of likely N-dealkylation sites (tertiary alicyclic amines) is 1. The van der Waals surface area contributed by atoms with Gasteiger partial charge < -0.3 is 4.90 Å². The molecular formula is C10H15NS2. The van der Waals surface area contributed by atoms with E-state index in [9.17, 15) is 0 Å². The van der Waals surface area contributed by atoms with Gasteiger partial charge in [0.05, 0.1) is 4.21 Å². The Bertz CT molecular complexity index is 237. The van der Waals surface area contributed by atoms with Gasteiger partial charge in [0.25, 0.3) is 0 Å². The van der Waals surface area contributed by atoms with E-state index in [4.69, 9.17) is 0 Å². The number of thioether (sulfide) groups is 1. The number of piperidine rings is 1. The van der Waals surface area contributed by atoms with E-state index in [1.165, 1.54) is 30.1 Å². The van der Waals surface area contributed by atoms with E-state index in [1.54, 1.807) is 0 Å². The predicted octanol–water partition coefficient (Wildman–Crippen LogP) is 2.93. The van der Waals surface area contributed by atoms with E-state index in [0.717, 1.165) is 5.25 Å². The van der Waals surface area contributed by atoms with Gasteiger partial charge in [0.2, 0.25) is 0 Å². The zero-order valence-corrected chi connectivity index (χ0v) is 9.53. The number of rotatable bonds is 2. The molecule has 0 N–H and O–H groups in total. The summed E-state index contributed by atoms with van der Waals surface area (Å²) in [5, 5.41) is 3.02. The molecule has 2 rings (SSSR count). The van der Waals surface area contributed by atoms with Crippen LogP contribution in [0, 0.1) is 0 Å². The molecule has 0 saturated carbocycles. The molecule has 0 radical (unpaired) electrons. The molecule has 13 heavy (non-hydrogen) atoms. The van der Waals surface area contributed by atoms with Gasteiger partial charge in [-0.3, -0.25) is 0 Å². The zero-order chi connectivity index (χ0) is 9.10. The third-order valence-corrected chi connectivity index (χ3v) is 4.86. The van der Waals surface area contributed by atoms with Crippen LogP contribution in [-0.2, 0) is 0 Å². The lowest BCUT2D eigenvalue weighted by atomic mass is 10.1. The van der Waals surface area contributed by atoms with Crippen LogP contribution in [0.1, 0.15) is 12.8 Å². The van der Waals surface area contributed by atoms with Gasteiger partial charge in [-0.15, -0.1) is 23.1 Å². The van der Waals surface area contributed by atoms with Gasteiger partial charge in [0, 0.05) is 5.25 Å². The quantitative estimate of drug-likeness (QED) is 0.743. The first-order valence-corrected chi connectivity index (χ1v) is 6.49. The van der Waals surface area contributed by atoms with Crippen molar-refractivity contribution in [1.82, 2.24) is 4.90 Å². The average molecular weight is 213 g/mol. The number of hydrogen-bond acceptors (Lipinski definition) is 3. The molecule has 72 valence electrons. The second kappa shape index (κ2) is 4.49. The highest BCUT2D eigenvalue weighted by Crippen LogP contribution is 2.32. The van der Waals surface area contributed by atoms with Crippen molar-refractivity contribution in [3.05, 3.63) is 17.5 Å². The van der Waals surface area contributed by atoms with E-state index in [2.05, 4.69) is 41.2 Å². The summed E-state index contributed by atoms with van der Waals surface area (Å²) in [5.74, 6) is 0. The molecule has 2 heterocycles. The van der Waals surface area contributed by atoms with Gasteiger partial charge in [-0.1, -0.05) is 6.07 Å². The summed E-state index contributed by atoms with van der Waals surface area (Å²) in [4.78, 5) is 2.42. The lowest BCUT2D eigenvalue weighted by molar-refractivity contribution is 0.282. The molecule has 1 aliphatic rings. The number of hydrogen-bond donors (Lipinski definition) is 0. The van der Waals surface area contributed by atoms with E-state index in [-0.39, 0.29) is 0 Å². The van der Waals surface area contributed by atoms with Crippen molar-refractivity contribution in [2.75, 3.05) is 20.1 Å². The van der Waals surface area contributed by atoms with Crippen molar-refractivity contribution in [1.29, 1.82) is 0 Å². The molecule has 0 bridgehead atoms. The molecule has 1 fully saturated rings. The van der Waals surface area contributed by atoms with E-state index >= 15 is 0 Å². The van der Waals surface area contributed by atoms with Gasteiger partial charge >= 0.3 is 0 Å². The highest BCUT2D eigenvalue weighted by molar-refractivity contribution is 8.01. The fourth-order valence-electron chi connectivity index (χ4n) is 1.60. The molecule has 0 amide bonds. The fourth-order valence-corrected chi connectivity index (χ4v) is 3.78. The Kier molecular flexibility index (Phi) is 3.30. The lowest BCUT2D eigenvalue weighted by Crippen LogP contribution is -2.31. The van der Waals surface area contributed by atoms with Crippen LogP contribution in [0.25, 0.3) is 0 Å². The topological polar surface area (TPSA) is 3.24 Å². The smallest absolute Gasteiger partial charge is 0.0601 e. The Balaban J connectivity index is 1.83. The summed E-state index contributed by atoms with van der Waals surface area (Å²) in [6.07, 6.45) is 2.69. The van der Waals surface area contributed by atoms with Crippen molar-refractivity contribution >= 4 is 23.1 Å². The van der Waals surface area contributed by atoms with E-state index < -0.39 is 0 Å². The summed E-state index contributed by atoms with van der Waals surface area (Å²) in [6.45, 7) is 2.53. The summed E-state index contributed by atoms with van der Waals surface area (Å²) in [6, 6.07) is 4.37. The molecule has 0 aliphatic carbocycles. The monoisotopic (exact) mass is 213 g/mol. The maximum atomic E-state index is 2.42. The molecule has 0 spiro atoms. The van der Waals surface area contributed by atoms with Crippen LogP contribution in [0.15, 0.2) is 21.7 Å². The minimum Gasteiger partial charge on any atom is -0.306 e. The molecule has 1 aliphatic heterocycles. The summed E-state index contributed by atoms with van der Waals surface area (Å²) >= 11 is 3.93. The second-order valence-electron chi connectivity index (χ2n) is 3.55. The lowest BCUT2D eigenvalue weighted by Gasteiger charge is -2.27. The maximum absolute atomic E-state index is 2.42. The molecule has 3 heteroatoms. The first-order chi connectivity index (χ1) is 6.34. The molecule has 0 atom stereocenters. The minimum atomic E-state index is 0.856. The SMILES string of the molecule is CN1CCC(Sc2cccs2)CC1. The van der Waals surface area contributed by atoms with Crippen molar-refractivity contribution in [3.8, 4) is 0 Å². The summed E-state index contributed by atoms with van der Waals surface area (Å²) in [7, 11) is 2.21. The molecule has 1 aromatic heterocycles. The van der Waals surface area contributed by atoms with Crippen molar-refractivity contribution in [2.45, 2.75) is 22.3 Å². The first kappa shape index (κ1) is 9.56. The molecule has 0 aromatic carbocycles. The van der Waals surface area contributed by atoms with Gasteiger partial charge in [0.1, 0.15) is 0 Å². The predicted molar refractivity (Wildman–Crippen MR) is 60.7 cm³/mol. The summed E-state index contributed by atoms with van der Waals surface area (Å²) in [5.41, 5.74) is 0. The van der Waals surface area contributed by atoms with E-state index in [1.807, 2.05) is 11.3 Å². The Morgan fingerprint density at radius 2 is 2.23 bits per heavy atom. The highest BCUT2D eigenvalue weighted by Gasteiger charge is 2.17. The third kappa shape index (κ3) is 2.73. The number of nitrogens with zero attached hydrogens (tertiary/aromatic N) is 1. The van der Waals surface area contributed by atoms with Crippen LogP contribution < -0.4 is 0 Å². The number of thiophene rings is 1. The Labute approximate surface area is 88.1 Å². The Hall–Kier alpha value is 0.01000. The second-order valence-corrected chi connectivity index (χ2v) is 6.10. The maximum Gasteiger partial charge on any atom is 0.0601 e. The fraction of sp³-hybridized carbons (Fsp3) is 0.600. The first-order valence-electron chi connectivity index (χ1n) is 4.73. The largest absolute Gasteiger partial charge is 0.306 e. The normalized spacial score (nSPS) is 20.7. The van der Waals surface area contributed by atoms with Crippen LogP contribution in [0.5, 0.6) is 0 Å². The van der Waals surface area contributed by atoms with Crippen molar-refractivity contribution in [2.24, 2.45) is 0 Å². The van der Waals surface area contributed by atoms with Gasteiger partial charge in [0.15, 0.2) is 0 Å². The standard InChI is InChI=1S/C10H15NS2/c1-11-6-4-9(5-7-11)13-10-3-2-8-12-10/h2-3,8-9H,4-7H2,1H3. The van der Waals surface area contributed by atoms with E-state index in [0.29, 0.717) is 0 Å². The molecule has 1 aromatic rings. The third-order valence-electron chi connectivity index (χ3n) is 2.44. The summed E-state index contributed by atoms with van der Waals surface area (Å²) < 4.78 is 1.48. The Morgan fingerprint density at radius 3 is 2.85 bits per heavy atom. The molecule has 1 nitrogen and oxygen atoms in total. The van der Waals surface area contributed by atoms with Crippen LogP contribution in [-0.4, -0.2) is 30.3 Å². The van der Waals surface area contributed by atoms with Crippen LogP contribution in [0.4, 0.5) is 0 Å². The van der Waals surface area contributed by atoms with Gasteiger partial charge in [-0.2, -0.15) is 0 Å². The molecule has 1 saturated heterocycles. The van der Waals surface area contributed by atoms with Crippen LogP contribution in [0.3, 0.4) is 0 Å². The van der Waals surface area contributed by atoms with Crippen LogP contribution >= 0.6 is 23.1 Å². The molecule has 0 unspecified atom stereocenters. The van der Waals surface area contributed by atoms with Crippen molar-refractivity contribution in [3.63, 3.8) is 0 Å².